The molecule has 0 amide bonds. The number of hydrogen-bond acceptors (Lipinski definition) is 3. The summed E-state index contributed by atoms with van der Waals surface area (Å²) < 4.78 is 4.49. The standard InChI is InChI=1S/C11H20O3/c1-14-11(13)8-10(12)7-6-9-4-2-3-5-9/h9-10,12H,2-8H2,1H3/t10-/m0/s1. The van der Waals surface area contributed by atoms with Crippen molar-refractivity contribution in [3.63, 3.8) is 0 Å². The second-order valence-corrected chi connectivity index (χ2v) is 4.16. The van der Waals surface area contributed by atoms with Crippen molar-refractivity contribution in [1.82, 2.24) is 0 Å². The van der Waals surface area contributed by atoms with Gasteiger partial charge in [0.1, 0.15) is 0 Å². The summed E-state index contributed by atoms with van der Waals surface area (Å²) in [6, 6.07) is 0. The highest BCUT2D eigenvalue weighted by molar-refractivity contribution is 5.69. The van der Waals surface area contributed by atoms with Crippen LogP contribution in [-0.2, 0) is 9.53 Å². The Morgan fingerprint density at radius 3 is 2.71 bits per heavy atom. The van der Waals surface area contributed by atoms with Gasteiger partial charge >= 0.3 is 5.97 Å². The Kier molecular flexibility index (Phi) is 4.94. The average Bonchev–Trinajstić information content (AvgIpc) is 2.67. The Labute approximate surface area is 85.5 Å². The first-order valence-corrected chi connectivity index (χ1v) is 5.47. The molecule has 0 saturated heterocycles. The van der Waals surface area contributed by atoms with Gasteiger partial charge in [0.15, 0.2) is 0 Å². The summed E-state index contributed by atoms with van der Waals surface area (Å²) >= 11 is 0. The average molecular weight is 200 g/mol. The van der Waals surface area contributed by atoms with Crippen LogP contribution in [0.4, 0.5) is 0 Å². The van der Waals surface area contributed by atoms with E-state index in [9.17, 15) is 9.90 Å². The largest absolute Gasteiger partial charge is 0.469 e. The highest BCUT2D eigenvalue weighted by Gasteiger charge is 2.17. The van der Waals surface area contributed by atoms with Crippen LogP contribution in [0.2, 0.25) is 0 Å². The van der Waals surface area contributed by atoms with E-state index >= 15 is 0 Å². The van der Waals surface area contributed by atoms with Gasteiger partial charge in [-0.25, -0.2) is 0 Å². The number of aliphatic hydroxyl groups is 1. The van der Waals surface area contributed by atoms with Gasteiger partial charge in [-0.2, -0.15) is 0 Å². The third-order valence-electron chi connectivity index (χ3n) is 3.01. The molecular formula is C11H20O3. The summed E-state index contributed by atoms with van der Waals surface area (Å²) in [6.45, 7) is 0. The molecule has 0 spiro atoms. The number of ether oxygens (including phenoxy) is 1. The summed E-state index contributed by atoms with van der Waals surface area (Å²) in [5, 5.41) is 9.51. The molecule has 0 radical (unpaired) electrons. The van der Waals surface area contributed by atoms with Crippen molar-refractivity contribution >= 4 is 5.97 Å². The molecule has 0 bridgehead atoms. The van der Waals surface area contributed by atoms with E-state index in [1.54, 1.807) is 0 Å². The van der Waals surface area contributed by atoms with Gasteiger partial charge in [-0.15, -0.1) is 0 Å². The van der Waals surface area contributed by atoms with Crippen LogP contribution in [-0.4, -0.2) is 24.3 Å². The van der Waals surface area contributed by atoms with Gasteiger partial charge in [-0.3, -0.25) is 4.79 Å². The van der Waals surface area contributed by atoms with E-state index in [0.717, 1.165) is 18.8 Å². The molecule has 0 aromatic heterocycles. The minimum absolute atomic E-state index is 0.142. The maximum atomic E-state index is 10.8. The van der Waals surface area contributed by atoms with Gasteiger partial charge < -0.3 is 9.84 Å². The van der Waals surface area contributed by atoms with Crippen LogP contribution in [0.3, 0.4) is 0 Å². The Hall–Kier alpha value is -0.570. The van der Waals surface area contributed by atoms with Crippen LogP contribution in [0.25, 0.3) is 0 Å². The minimum atomic E-state index is -0.511. The molecule has 1 rings (SSSR count). The molecule has 1 fully saturated rings. The molecule has 1 aliphatic rings. The predicted octanol–water partition coefficient (Wildman–Crippen LogP) is 1.88. The fourth-order valence-electron chi connectivity index (χ4n) is 2.10. The van der Waals surface area contributed by atoms with E-state index < -0.39 is 6.10 Å². The molecule has 0 heterocycles. The number of carbonyl (C=O) groups excluding carboxylic acids is 1. The topological polar surface area (TPSA) is 46.5 Å². The molecule has 3 heteroatoms. The van der Waals surface area contributed by atoms with Crippen molar-refractivity contribution in [2.24, 2.45) is 5.92 Å². The molecule has 0 aromatic carbocycles. The van der Waals surface area contributed by atoms with E-state index in [0.29, 0.717) is 0 Å². The van der Waals surface area contributed by atoms with Crippen LogP contribution in [0.1, 0.15) is 44.9 Å². The third-order valence-corrected chi connectivity index (χ3v) is 3.01. The number of hydrogen-bond donors (Lipinski definition) is 1. The Morgan fingerprint density at radius 1 is 1.50 bits per heavy atom. The summed E-state index contributed by atoms with van der Waals surface area (Å²) in [7, 11) is 1.35. The number of esters is 1. The van der Waals surface area contributed by atoms with Gasteiger partial charge in [0.2, 0.25) is 0 Å². The van der Waals surface area contributed by atoms with Crippen molar-refractivity contribution in [3.8, 4) is 0 Å². The van der Waals surface area contributed by atoms with Gasteiger partial charge in [0, 0.05) is 0 Å². The SMILES string of the molecule is COC(=O)C[C@@H](O)CCC1CCCC1. The molecule has 82 valence electrons. The molecule has 1 saturated carbocycles. The molecular weight excluding hydrogens is 180 g/mol. The summed E-state index contributed by atoms with van der Waals surface area (Å²) in [5.74, 6) is 0.464. The van der Waals surface area contributed by atoms with Crippen molar-refractivity contribution in [1.29, 1.82) is 0 Å². The van der Waals surface area contributed by atoms with Crippen molar-refractivity contribution in [2.75, 3.05) is 7.11 Å². The lowest BCUT2D eigenvalue weighted by Crippen LogP contribution is -2.15. The van der Waals surface area contributed by atoms with Crippen LogP contribution < -0.4 is 0 Å². The maximum Gasteiger partial charge on any atom is 0.308 e. The number of aliphatic hydroxyl groups excluding tert-OH is 1. The molecule has 0 unspecified atom stereocenters. The van der Waals surface area contributed by atoms with Crippen LogP contribution in [0.5, 0.6) is 0 Å². The van der Waals surface area contributed by atoms with E-state index in [2.05, 4.69) is 4.74 Å². The molecule has 0 aromatic rings. The third kappa shape index (κ3) is 4.09. The second kappa shape index (κ2) is 6.02. The predicted molar refractivity (Wildman–Crippen MR) is 53.8 cm³/mol. The fourth-order valence-corrected chi connectivity index (χ4v) is 2.10. The van der Waals surface area contributed by atoms with Gasteiger partial charge in [-0.05, 0) is 18.8 Å². The quantitative estimate of drug-likeness (QED) is 0.689. The molecule has 1 N–H and O–H groups in total. The summed E-state index contributed by atoms with van der Waals surface area (Å²) in [6.07, 6.45) is 6.68. The number of rotatable bonds is 5. The monoisotopic (exact) mass is 200 g/mol. The van der Waals surface area contributed by atoms with E-state index in [1.165, 1.54) is 32.8 Å². The Balaban J connectivity index is 2.07. The highest BCUT2D eigenvalue weighted by Crippen LogP contribution is 2.29. The lowest BCUT2D eigenvalue weighted by Gasteiger charge is -2.12. The normalized spacial score (nSPS) is 19.6. The lowest BCUT2D eigenvalue weighted by atomic mass is 9.98. The molecule has 1 atom stereocenters. The minimum Gasteiger partial charge on any atom is -0.469 e. The van der Waals surface area contributed by atoms with Crippen LogP contribution in [0, 0.1) is 5.92 Å². The van der Waals surface area contributed by atoms with Crippen molar-refractivity contribution < 1.29 is 14.6 Å². The molecule has 1 aliphatic carbocycles. The summed E-state index contributed by atoms with van der Waals surface area (Å²) in [4.78, 5) is 10.8. The molecule has 0 aliphatic heterocycles. The zero-order valence-corrected chi connectivity index (χ0v) is 8.87. The highest BCUT2D eigenvalue weighted by atomic mass is 16.5. The van der Waals surface area contributed by atoms with Gasteiger partial charge in [-0.1, -0.05) is 25.7 Å². The van der Waals surface area contributed by atoms with E-state index in [1.807, 2.05) is 0 Å². The number of carbonyl (C=O) groups is 1. The van der Waals surface area contributed by atoms with Crippen LogP contribution >= 0.6 is 0 Å². The van der Waals surface area contributed by atoms with E-state index in [4.69, 9.17) is 0 Å². The Bertz CT molecular complexity index is 173. The fraction of sp³-hybridized carbons (Fsp3) is 0.909. The second-order valence-electron chi connectivity index (χ2n) is 4.16. The first-order valence-electron chi connectivity index (χ1n) is 5.47. The van der Waals surface area contributed by atoms with Crippen molar-refractivity contribution in [2.45, 2.75) is 51.0 Å². The maximum absolute atomic E-state index is 10.8. The number of methoxy groups -OCH3 is 1. The molecule has 14 heavy (non-hydrogen) atoms. The van der Waals surface area contributed by atoms with Gasteiger partial charge in [0.25, 0.3) is 0 Å². The smallest absolute Gasteiger partial charge is 0.308 e. The zero-order chi connectivity index (χ0) is 10.4. The van der Waals surface area contributed by atoms with Crippen molar-refractivity contribution in [3.05, 3.63) is 0 Å². The summed E-state index contributed by atoms with van der Waals surface area (Å²) in [5.41, 5.74) is 0. The first kappa shape index (κ1) is 11.5. The van der Waals surface area contributed by atoms with Gasteiger partial charge in [0.05, 0.1) is 19.6 Å². The first-order chi connectivity index (χ1) is 6.72. The lowest BCUT2D eigenvalue weighted by molar-refractivity contribution is -0.142. The van der Waals surface area contributed by atoms with Crippen LogP contribution in [0.15, 0.2) is 0 Å². The zero-order valence-electron chi connectivity index (χ0n) is 8.87. The molecule has 3 nitrogen and oxygen atoms in total. The van der Waals surface area contributed by atoms with E-state index in [-0.39, 0.29) is 12.4 Å². The Morgan fingerprint density at radius 2 is 2.14 bits per heavy atom.